The summed E-state index contributed by atoms with van der Waals surface area (Å²) < 4.78 is 38.3. The lowest BCUT2D eigenvalue weighted by molar-refractivity contribution is -0.137. The zero-order valence-corrected chi connectivity index (χ0v) is 15.1. The third kappa shape index (κ3) is 5.60. The normalized spacial score (nSPS) is 22.7. The molecule has 146 valence electrons. The molecule has 0 bridgehead atoms. The molecule has 5 nitrogen and oxygen atoms in total. The number of urea groups is 1. The zero-order valence-electron chi connectivity index (χ0n) is 15.1. The average molecular weight is 372 g/mol. The second-order valence-corrected chi connectivity index (χ2v) is 6.94. The monoisotopic (exact) mass is 372 g/mol. The smallest absolute Gasteiger partial charge is 0.333 e. The van der Waals surface area contributed by atoms with E-state index in [2.05, 4.69) is 29.4 Å². The predicted octanol–water partition coefficient (Wildman–Crippen LogP) is 3.42. The number of piperidine rings is 1. The molecule has 1 saturated heterocycles. The molecule has 1 aromatic carbocycles. The fraction of sp³-hybridized carbons (Fsp3) is 0.611. The van der Waals surface area contributed by atoms with E-state index >= 15 is 0 Å². The molecule has 1 aliphatic heterocycles. The maximum absolute atomic E-state index is 12.8. The van der Waals surface area contributed by atoms with Gasteiger partial charge in [-0.1, -0.05) is 12.5 Å². The minimum absolute atomic E-state index is 0.0906. The van der Waals surface area contributed by atoms with Gasteiger partial charge in [0, 0.05) is 30.9 Å². The Morgan fingerprint density at radius 3 is 2.54 bits per heavy atom. The zero-order chi connectivity index (χ0) is 19.3. The summed E-state index contributed by atoms with van der Waals surface area (Å²) in [7, 11) is 0. The van der Waals surface area contributed by atoms with Gasteiger partial charge >= 0.3 is 12.2 Å². The number of carbonyl (C=O) groups excluding carboxylic acids is 1. The summed E-state index contributed by atoms with van der Waals surface area (Å²) in [6.45, 7) is 5.19. The molecule has 0 saturated carbocycles. The van der Waals surface area contributed by atoms with Crippen LogP contribution in [0.1, 0.15) is 38.7 Å². The number of nitrogens with one attached hydrogen (secondary N) is 2. The van der Waals surface area contributed by atoms with E-state index in [0.717, 1.165) is 25.0 Å². The molecule has 1 aromatic rings. The fourth-order valence-electron chi connectivity index (χ4n) is 3.39. The Kier molecular flexibility index (Phi) is 6.88. The molecule has 0 spiro atoms. The molecule has 1 heterocycles. The SMILES string of the molecule is C[C@@H]1CCC[C@H](C)N1C[C@@H](CN)NC(=O)Nc1cccc(C(F)(F)F)c1. The molecule has 3 atom stereocenters. The average Bonchev–Trinajstić information content (AvgIpc) is 2.56. The Labute approximate surface area is 152 Å². The number of nitrogens with two attached hydrogens (primary N) is 1. The molecular formula is C18H27F3N4O. The summed E-state index contributed by atoms with van der Waals surface area (Å²) in [5, 5.41) is 5.22. The van der Waals surface area contributed by atoms with Crippen molar-refractivity contribution in [2.24, 2.45) is 5.73 Å². The van der Waals surface area contributed by atoms with E-state index in [0.29, 0.717) is 18.6 Å². The number of amides is 2. The lowest BCUT2D eigenvalue weighted by Crippen LogP contribution is -2.54. The molecule has 1 fully saturated rings. The van der Waals surface area contributed by atoms with Gasteiger partial charge in [0.25, 0.3) is 0 Å². The highest BCUT2D eigenvalue weighted by Gasteiger charge is 2.31. The summed E-state index contributed by atoms with van der Waals surface area (Å²) in [6.07, 6.45) is -1.04. The van der Waals surface area contributed by atoms with Gasteiger partial charge in [0.2, 0.25) is 0 Å². The van der Waals surface area contributed by atoms with E-state index in [1.807, 2.05) is 0 Å². The van der Waals surface area contributed by atoms with Gasteiger partial charge in [-0.15, -0.1) is 0 Å². The largest absolute Gasteiger partial charge is 0.416 e. The van der Waals surface area contributed by atoms with Crippen LogP contribution in [0.15, 0.2) is 24.3 Å². The Morgan fingerprint density at radius 1 is 1.31 bits per heavy atom. The highest BCUT2D eigenvalue weighted by Crippen LogP contribution is 2.30. The minimum atomic E-state index is -4.45. The van der Waals surface area contributed by atoms with E-state index in [4.69, 9.17) is 5.73 Å². The van der Waals surface area contributed by atoms with Crippen LogP contribution in [0, 0.1) is 0 Å². The number of hydrogen-bond acceptors (Lipinski definition) is 3. The first kappa shape index (κ1) is 20.5. The van der Waals surface area contributed by atoms with Crippen LogP contribution in [-0.2, 0) is 6.18 Å². The quantitative estimate of drug-likeness (QED) is 0.742. The van der Waals surface area contributed by atoms with E-state index in [-0.39, 0.29) is 18.3 Å². The van der Waals surface area contributed by atoms with Gasteiger partial charge in [0.15, 0.2) is 0 Å². The highest BCUT2D eigenvalue weighted by molar-refractivity contribution is 5.89. The number of benzene rings is 1. The Balaban J connectivity index is 1.95. The molecule has 0 unspecified atom stereocenters. The van der Waals surface area contributed by atoms with Gasteiger partial charge in [-0.05, 0) is 44.9 Å². The summed E-state index contributed by atoms with van der Waals surface area (Å²) in [5.74, 6) is 0. The van der Waals surface area contributed by atoms with Crippen molar-refractivity contribution in [3.05, 3.63) is 29.8 Å². The van der Waals surface area contributed by atoms with E-state index < -0.39 is 17.8 Å². The molecule has 2 rings (SSSR count). The molecule has 0 aliphatic carbocycles. The highest BCUT2D eigenvalue weighted by atomic mass is 19.4. The first-order chi connectivity index (χ1) is 12.2. The van der Waals surface area contributed by atoms with Gasteiger partial charge in [0.05, 0.1) is 11.6 Å². The van der Waals surface area contributed by atoms with Crippen molar-refractivity contribution < 1.29 is 18.0 Å². The summed E-state index contributed by atoms with van der Waals surface area (Å²) in [4.78, 5) is 14.5. The van der Waals surface area contributed by atoms with Gasteiger partial charge in [-0.2, -0.15) is 13.2 Å². The molecule has 4 N–H and O–H groups in total. The van der Waals surface area contributed by atoms with Gasteiger partial charge in [-0.3, -0.25) is 4.90 Å². The van der Waals surface area contributed by atoms with Crippen LogP contribution in [0.4, 0.5) is 23.7 Å². The second kappa shape index (κ2) is 8.73. The van der Waals surface area contributed by atoms with Crippen molar-refractivity contribution in [3.63, 3.8) is 0 Å². The van der Waals surface area contributed by atoms with Crippen molar-refractivity contribution in [1.29, 1.82) is 0 Å². The summed E-state index contributed by atoms with van der Waals surface area (Å²) >= 11 is 0. The number of anilines is 1. The van der Waals surface area contributed by atoms with E-state index in [1.54, 1.807) is 0 Å². The van der Waals surface area contributed by atoms with Crippen LogP contribution >= 0.6 is 0 Å². The second-order valence-electron chi connectivity index (χ2n) is 6.94. The third-order valence-electron chi connectivity index (χ3n) is 4.87. The number of nitrogens with zero attached hydrogens (tertiary/aromatic N) is 1. The van der Waals surface area contributed by atoms with Crippen LogP contribution in [0.5, 0.6) is 0 Å². The lowest BCUT2D eigenvalue weighted by Gasteiger charge is -2.40. The standard InChI is InChI=1S/C18H27F3N4O/c1-12-5-3-6-13(2)25(12)11-16(10-22)24-17(26)23-15-8-4-7-14(9-15)18(19,20)21/h4,7-9,12-13,16H,3,5-6,10-11,22H2,1-2H3,(H2,23,24,26)/t12-,13+,16-/m1/s1. The first-order valence-corrected chi connectivity index (χ1v) is 8.91. The van der Waals surface area contributed by atoms with Crippen molar-refractivity contribution in [3.8, 4) is 0 Å². The Bertz CT molecular complexity index is 598. The van der Waals surface area contributed by atoms with E-state index in [9.17, 15) is 18.0 Å². The van der Waals surface area contributed by atoms with Crippen molar-refractivity contribution in [1.82, 2.24) is 10.2 Å². The number of rotatable bonds is 5. The van der Waals surface area contributed by atoms with Crippen molar-refractivity contribution in [2.75, 3.05) is 18.4 Å². The molecule has 1 aliphatic rings. The van der Waals surface area contributed by atoms with Crippen molar-refractivity contribution >= 4 is 11.7 Å². The number of likely N-dealkylation sites (tertiary alicyclic amines) is 1. The van der Waals surface area contributed by atoms with Crippen LogP contribution in [0.25, 0.3) is 0 Å². The topological polar surface area (TPSA) is 70.4 Å². The van der Waals surface area contributed by atoms with Gasteiger partial charge in [-0.25, -0.2) is 4.79 Å². The van der Waals surface area contributed by atoms with Crippen molar-refractivity contribution in [2.45, 2.75) is 57.4 Å². The predicted molar refractivity (Wildman–Crippen MR) is 95.9 cm³/mol. The van der Waals surface area contributed by atoms with E-state index in [1.165, 1.54) is 18.6 Å². The Hall–Kier alpha value is -1.80. The fourth-order valence-corrected chi connectivity index (χ4v) is 3.39. The molecule has 26 heavy (non-hydrogen) atoms. The summed E-state index contributed by atoms with van der Waals surface area (Å²) in [5.41, 5.74) is 5.07. The van der Waals surface area contributed by atoms with Crippen LogP contribution in [0.2, 0.25) is 0 Å². The first-order valence-electron chi connectivity index (χ1n) is 8.91. The number of alkyl halides is 3. The van der Waals surface area contributed by atoms with Gasteiger partial charge < -0.3 is 16.4 Å². The maximum Gasteiger partial charge on any atom is 0.416 e. The molecule has 0 radical (unpaired) electrons. The van der Waals surface area contributed by atoms with Crippen LogP contribution in [0.3, 0.4) is 0 Å². The summed E-state index contributed by atoms with van der Waals surface area (Å²) in [6, 6.07) is 4.55. The Morgan fingerprint density at radius 2 is 1.96 bits per heavy atom. The molecule has 2 amide bonds. The maximum atomic E-state index is 12.8. The molecule has 8 heteroatoms. The van der Waals surface area contributed by atoms with Gasteiger partial charge in [0.1, 0.15) is 0 Å². The molecule has 0 aromatic heterocycles. The lowest BCUT2D eigenvalue weighted by atomic mass is 9.97. The third-order valence-corrected chi connectivity index (χ3v) is 4.87. The molecular weight excluding hydrogens is 345 g/mol. The number of hydrogen-bond donors (Lipinski definition) is 3. The van der Waals surface area contributed by atoms with Crippen LogP contribution < -0.4 is 16.4 Å². The minimum Gasteiger partial charge on any atom is -0.333 e. The van der Waals surface area contributed by atoms with Crippen LogP contribution in [-0.4, -0.2) is 42.1 Å². The number of carbonyl (C=O) groups is 1. The number of halogens is 3.